The molecule has 0 unspecified atom stereocenters. The molecule has 2 aromatic rings. The quantitative estimate of drug-likeness (QED) is 0.632. The Bertz CT molecular complexity index is 651. The Labute approximate surface area is 131 Å². The predicted molar refractivity (Wildman–Crippen MR) is 79.6 cm³/mol. The fourth-order valence-electron chi connectivity index (χ4n) is 1.46. The fourth-order valence-corrected chi connectivity index (χ4v) is 2.88. The van der Waals surface area contributed by atoms with Gasteiger partial charge in [0.2, 0.25) is 5.75 Å². The monoisotopic (exact) mass is 378 g/mol. The Hall–Kier alpha value is -1.45. The van der Waals surface area contributed by atoms with Gasteiger partial charge in [-0.2, -0.15) is 0 Å². The molecule has 0 aliphatic heterocycles. The number of nitro benzene ring substituents is 1. The standard InChI is InChI=1S/C10H8BrClN4O3S/c1-13-10-7(14-15-20-10)4-19-9-6(11)2-5(12)3-8(9)16(17)18/h2-3,13H,4H2,1H3. The molecule has 1 aromatic carbocycles. The van der Waals surface area contributed by atoms with E-state index in [1.165, 1.54) is 23.7 Å². The third-order valence-corrected chi connectivity index (χ3v) is 3.91. The number of hydrogen-bond acceptors (Lipinski definition) is 7. The summed E-state index contributed by atoms with van der Waals surface area (Å²) in [6, 6.07) is 2.77. The zero-order valence-corrected chi connectivity index (χ0v) is 13.3. The van der Waals surface area contributed by atoms with Gasteiger partial charge in [0.05, 0.1) is 9.40 Å². The van der Waals surface area contributed by atoms with Gasteiger partial charge in [-0.3, -0.25) is 10.1 Å². The van der Waals surface area contributed by atoms with Crippen LogP contribution in [0.15, 0.2) is 16.6 Å². The highest BCUT2D eigenvalue weighted by atomic mass is 79.9. The smallest absolute Gasteiger partial charge is 0.313 e. The van der Waals surface area contributed by atoms with Crippen molar-refractivity contribution < 1.29 is 9.66 Å². The highest BCUT2D eigenvalue weighted by Crippen LogP contribution is 2.38. The van der Waals surface area contributed by atoms with Crippen molar-refractivity contribution in [2.75, 3.05) is 12.4 Å². The van der Waals surface area contributed by atoms with Crippen LogP contribution in [-0.2, 0) is 6.61 Å². The van der Waals surface area contributed by atoms with Gasteiger partial charge in [0.15, 0.2) is 0 Å². The molecule has 0 fully saturated rings. The average molecular weight is 380 g/mol. The number of halogens is 2. The van der Waals surface area contributed by atoms with Crippen molar-refractivity contribution in [2.45, 2.75) is 6.61 Å². The lowest BCUT2D eigenvalue weighted by Crippen LogP contribution is -2.02. The Balaban J connectivity index is 2.27. The van der Waals surface area contributed by atoms with Gasteiger partial charge in [0.25, 0.3) is 0 Å². The van der Waals surface area contributed by atoms with E-state index in [-0.39, 0.29) is 23.1 Å². The molecular weight excluding hydrogens is 372 g/mol. The van der Waals surface area contributed by atoms with Crippen LogP contribution in [0.3, 0.4) is 0 Å². The normalized spacial score (nSPS) is 10.3. The highest BCUT2D eigenvalue weighted by Gasteiger charge is 2.21. The first-order valence-electron chi connectivity index (χ1n) is 5.28. The lowest BCUT2D eigenvalue weighted by molar-refractivity contribution is -0.386. The van der Waals surface area contributed by atoms with Crippen LogP contribution in [0.1, 0.15) is 5.69 Å². The van der Waals surface area contributed by atoms with E-state index in [4.69, 9.17) is 16.3 Å². The number of rotatable bonds is 5. The van der Waals surface area contributed by atoms with E-state index >= 15 is 0 Å². The van der Waals surface area contributed by atoms with Crippen LogP contribution in [0.5, 0.6) is 5.75 Å². The number of nitrogens with one attached hydrogen (secondary N) is 1. The van der Waals surface area contributed by atoms with Crippen LogP contribution in [-0.4, -0.2) is 21.6 Å². The van der Waals surface area contributed by atoms with Crippen LogP contribution in [0.4, 0.5) is 10.7 Å². The summed E-state index contributed by atoms with van der Waals surface area (Å²) in [6.45, 7) is 0.0632. The zero-order chi connectivity index (χ0) is 14.7. The number of anilines is 1. The highest BCUT2D eigenvalue weighted by molar-refractivity contribution is 9.10. The summed E-state index contributed by atoms with van der Waals surface area (Å²) in [5.74, 6) is 0.106. The molecule has 10 heteroatoms. The SMILES string of the molecule is CNc1snnc1COc1c(Br)cc(Cl)cc1[N+](=O)[O-]. The van der Waals surface area contributed by atoms with Gasteiger partial charge < -0.3 is 10.1 Å². The lowest BCUT2D eigenvalue weighted by Gasteiger charge is -2.08. The van der Waals surface area contributed by atoms with E-state index in [1.807, 2.05) is 0 Å². The molecule has 106 valence electrons. The molecule has 2 rings (SSSR count). The maximum Gasteiger partial charge on any atom is 0.313 e. The molecule has 1 N–H and O–H groups in total. The van der Waals surface area contributed by atoms with Crippen LogP contribution in [0.25, 0.3) is 0 Å². The summed E-state index contributed by atoms with van der Waals surface area (Å²) in [5.41, 5.74) is 0.368. The van der Waals surface area contributed by atoms with Crippen LogP contribution >= 0.6 is 39.1 Å². The van der Waals surface area contributed by atoms with E-state index in [0.717, 1.165) is 5.00 Å². The summed E-state index contributed by atoms with van der Waals surface area (Å²) >= 11 is 10.2. The predicted octanol–water partition coefficient (Wildman–Crippen LogP) is 3.48. The van der Waals surface area contributed by atoms with Gasteiger partial charge in [-0.1, -0.05) is 16.1 Å². The molecule has 0 atom stereocenters. The van der Waals surface area contributed by atoms with Gasteiger partial charge >= 0.3 is 5.69 Å². The van der Waals surface area contributed by atoms with Crippen LogP contribution in [0.2, 0.25) is 5.02 Å². The number of nitro groups is 1. The number of benzene rings is 1. The zero-order valence-electron chi connectivity index (χ0n) is 10.1. The van der Waals surface area contributed by atoms with E-state index in [9.17, 15) is 10.1 Å². The third-order valence-electron chi connectivity index (χ3n) is 2.32. The summed E-state index contributed by atoms with van der Waals surface area (Å²) in [7, 11) is 1.74. The number of aromatic nitrogens is 2. The van der Waals surface area contributed by atoms with Crippen molar-refractivity contribution >= 4 is 49.8 Å². The van der Waals surface area contributed by atoms with Gasteiger partial charge in [0, 0.05) is 29.7 Å². The Morgan fingerprint density at radius 2 is 2.35 bits per heavy atom. The number of hydrogen-bond donors (Lipinski definition) is 1. The first-order valence-corrected chi connectivity index (χ1v) is 7.22. The van der Waals surface area contributed by atoms with E-state index < -0.39 is 4.92 Å². The molecule has 0 bridgehead atoms. The molecule has 0 aliphatic carbocycles. The van der Waals surface area contributed by atoms with Crippen molar-refractivity contribution in [3.63, 3.8) is 0 Å². The first-order chi connectivity index (χ1) is 9.52. The summed E-state index contributed by atoms with van der Waals surface area (Å²) in [5, 5.41) is 18.8. The lowest BCUT2D eigenvalue weighted by atomic mass is 10.3. The molecule has 1 aromatic heterocycles. The molecule has 1 heterocycles. The summed E-state index contributed by atoms with van der Waals surface area (Å²) in [6.07, 6.45) is 0. The Morgan fingerprint density at radius 3 is 3.00 bits per heavy atom. The second-order valence-corrected chi connectivity index (χ2v) is 5.63. The van der Waals surface area contributed by atoms with E-state index in [2.05, 4.69) is 30.8 Å². The summed E-state index contributed by atoms with van der Waals surface area (Å²) in [4.78, 5) is 10.5. The number of ether oxygens (including phenoxy) is 1. The summed E-state index contributed by atoms with van der Waals surface area (Å²) < 4.78 is 9.68. The topological polar surface area (TPSA) is 90.2 Å². The number of nitrogens with zero attached hydrogens (tertiary/aromatic N) is 3. The Kier molecular flexibility index (Phi) is 4.73. The maximum atomic E-state index is 11.0. The van der Waals surface area contributed by atoms with Gasteiger partial charge in [0.1, 0.15) is 17.3 Å². The molecule has 0 radical (unpaired) electrons. The molecular formula is C10H8BrClN4O3S. The first kappa shape index (κ1) is 14.9. The average Bonchev–Trinajstić information content (AvgIpc) is 2.84. The molecule has 0 saturated heterocycles. The van der Waals surface area contributed by atoms with Crippen LogP contribution in [0, 0.1) is 10.1 Å². The van der Waals surface area contributed by atoms with Crippen molar-refractivity contribution in [1.29, 1.82) is 0 Å². The minimum absolute atomic E-state index is 0.0632. The van der Waals surface area contributed by atoms with Crippen molar-refractivity contribution in [3.8, 4) is 5.75 Å². The largest absolute Gasteiger partial charge is 0.479 e. The third kappa shape index (κ3) is 3.17. The minimum Gasteiger partial charge on any atom is -0.479 e. The Morgan fingerprint density at radius 1 is 1.60 bits per heavy atom. The minimum atomic E-state index is -0.551. The van der Waals surface area contributed by atoms with Crippen molar-refractivity contribution in [3.05, 3.63) is 37.4 Å². The molecule has 0 spiro atoms. The van der Waals surface area contributed by atoms with Gasteiger partial charge in [-0.05, 0) is 22.0 Å². The van der Waals surface area contributed by atoms with E-state index in [0.29, 0.717) is 10.2 Å². The van der Waals surface area contributed by atoms with Gasteiger partial charge in [-0.15, -0.1) is 5.10 Å². The second kappa shape index (κ2) is 6.33. The van der Waals surface area contributed by atoms with Crippen molar-refractivity contribution in [2.24, 2.45) is 0 Å². The molecule has 0 aliphatic rings. The molecule has 7 nitrogen and oxygen atoms in total. The maximum absolute atomic E-state index is 11.0. The van der Waals surface area contributed by atoms with Crippen LogP contribution < -0.4 is 10.1 Å². The van der Waals surface area contributed by atoms with E-state index in [1.54, 1.807) is 7.05 Å². The molecule has 0 saturated carbocycles. The molecule has 20 heavy (non-hydrogen) atoms. The fraction of sp³-hybridized carbons (Fsp3) is 0.200. The second-order valence-electron chi connectivity index (χ2n) is 3.58. The van der Waals surface area contributed by atoms with Gasteiger partial charge in [-0.25, -0.2) is 0 Å². The molecule has 0 amide bonds. The van der Waals surface area contributed by atoms with Crippen molar-refractivity contribution in [1.82, 2.24) is 9.59 Å².